The molecule has 28 heavy (non-hydrogen) atoms. The summed E-state index contributed by atoms with van der Waals surface area (Å²) in [4.78, 5) is 43.1. The van der Waals surface area contributed by atoms with E-state index in [9.17, 15) is 19.5 Å². The topological polar surface area (TPSA) is 176 Å². The van der Waals surface area contributed by atoms with E-state index in [2.05, 4.69) is 20.6 Å². The summed E-state index contributed by atoms with van der Waals surface area (Å²) >= 11 is 1.52. The van der Waals surface area contributed by atoms with Gasteiger partial charge in [0.25, 0.3) is 0 Å². The Kier molecular flexibility index (Phi) is 11.2. The minimum atomic E-state index is -1.11. The van der Waals surface area contributed by atoms with E-state index < -0.39 is 35.9 Å². The fourth-order valence-corrected chi connectivity index (χ4v) is 3.00. The zero-order chi connectivity index (χ0) is 20.9. The number of hydrogen-bond donors (Lipinski definition) is 6. The van der Waals surface area contributed by atoms with Gasteiger partial charge in [0.05, 0.1) is 12.4 Å². The van der Waals surface area contributed by atoms with Gasteiger partial charge in [0, 0.05) is 18.3 Å². The molecule has 0 saturated carbocycles. The summed E-state index contributed by atoms with van der Waals surface area (Å²) in [6.45, 7) is 0.459. The Morgan fingerprint density at radius 2 is 1.93 bits per heavy atom. The molecule has 10 nitrogen and oxygen atoms in total. The van der Waals surface area contributed by atoms with Crippen molar-refractivity contribution >= 4 is 29.5 Å². The van der Waals surface area contributed by atoms with Crippen molar-refractivity contribution in [2.24, 2.45) is 11.5 Å². The molecule has 2 amide bonds. The van der Waals surface area contributed by atoms with Crippen LogP contribution in [0.25, 0.3) is 0 Å². The molecule has 158 valence electrons. The van der Waals surface area contributed by atoms with Gasteiger partial charge in [0.15, 0.2) is 0 Å². The van der Waals surface area contributed by atoms with Gasteiger partial charge in [-0.15, -0.1) is 0 Å². The molecular weight excluding hydrogens is 384 g/mol. The van der Waals surface area contributed by atoms with E-state index in [1.807, 2.05) is 6.26 Å². The molecule has 0 spiro atoms. The number of imidazole rings is 1. The molecule has 8 N–H and O–H groups in total. The van der Waals surface area contributed by atoms with Crippen molar-refractivity contribution in [3.63, 3.8) is 0 Å². The van der Waals surface area contributed by atoms with E-state index in [0.717, 1.165) is 0 Å². The SMILES string of the molecule is CSCCC(NC(=O)C(N)Cc1cnc[nH]1)C(=O)NC(CCCCN)C(=O)O. The molecule has 1 aromatic rings. The number of nitrogens with zero attached hydrogens (tertiary/aromatic N) is 1. The van der Waals surface area contributed by atoms with Crippen molar-refractivity contribution in [1.29, 1.82) is 0 Å². The van der Waals surface area contributed by atoms with Crippen LogP contribution in [0, 0.1) is 0 Å². The molecular formula is C17H30N6O4S. The van der Waals surface area contributed by atoms with Crippen LogP contribution < -0.4 is 22.1 Å². The number of thioether (sulfide) groups is 1. The minimum Gasteiger partial charge on any atom is -0.480 e. The second-order valence-corrected chi connectivity index (χ2v) is 7.40. The van der Waals surface area contributed by atoms with Gasteiger partial charge >= 0.3 is 5.97 Å². The average Bonchev–Trinajstić information content (AvgIpc) is 3.16. The number of amides is 2. The summed E-state index contributed by atoms with van der Waals surface area (Å²) in [7, 11) is 0. The molecule has 0 aliphatic carbocycles. The fraction of sp³-hybridized carbons (Fsp3) is 0.647. The van der Waals surface area contributed by atoms with Crippen molar-refractivity contribution in [3.8, 4) is 0 Å². The van der Waals surface area contributed by atoms with Crippen molar-refractivity contribution in [2.75, 3.05) is 18.6 Å². The third-order valence-electron chi connectivity index (χ3n) is 4.14. The maximum atomic E-state index is 12.6. The number of carboxylic acid groups (broad SMARTS) is 1. The van der Waals surface area contributed by atoms with Gasteiger partial charge in [0.2, 0.25) is 11.8 Å². The molecule has 0 fully saturated rings. The highest BCUT2D eigenvalue weighted by Crippen LogP contribution is 2.06. The standard InChI is InChI=1S/C17H30N6O4S/c1-28-7-5-13(16(25)23-14(17(26)27)4-2-3-6-18)22-15(24)12(19)8-11-9-20-10-21-11/h9-10,12-14H,2-8,18-19H2,1H3,(H,20,21)(H,22,24)(H,23,25)(H,26,27). The molecule has 1 heterocycles. The van der Waals surface area contributed by atoms with Gasteiger partial charge in [-0.1, -0.05) is 0 Å². The van der Waals surface area contributed by atoms with E-state index >= 15 is 0 Å². The average molecular weight is 415 g/mol. The zero-order valence-corrected chi connectivity index (χ0v) is 16.8. The number of carbonyl (C=O) groups excluding carboxylic acids is 2. The van der Waals surface area contributed by atoms with Gasteiger partial charge in [-0.25, -0.2) is 9.78 Å². The minimum absolute atomic E-state index is 0.250. The van der Waals surface area contributed by atoms with Crippen molar-refractivity contribution in [1.82, 2.24) is 20.6 Å². The summed E-state index contributed by atoms with van der Waals surface area (Å²) in [5, 5.41) is 14.5. The number of nitrogens with two attached hydrogens (primary N) is 2. The second-order valence-electron chi connectivity index (χ2n) is 6.41. The maximum Gasteiger partial charge on any atom is 0.326 e. The number of unbranched alkanes of at least 4 members (excludes halogenated alkanes) is 1. The summed E-state index contributed by atoms with van der Waals surface area (Å²) in [5.74, 6) is -1.50. The molecule has 0 aromatic carbocycles. The van der Waals surface area contributed by atoms with E-state index in [1.165, 1.54) is 18.1 Å². The summed E-state index contributed by atoms with van der Waals surface area (Å²) in [5.41, 5.74) is 12.0. The lowest BCUT2D eigenvalue weighted by atomic mass is 10.1. The van der Waals surface area contributed by atoms with Crippen molar-refractivity contribution in [2.45, 2.75) is 50.2 Å². The van der Waals surface area contributed by atoms with Crippen LogP contribution in [-0.2, 0) is 20.8 Å². The highest BCUT2D eigenvalue weighted by molar-refractivity contribution is 7.98. The summed E-state index contributed by atoms with van der Waals surface area (Å²) in [6.07, 6.45) is 7.10. The Hall–Kier alpha value is -2.11. The third-order valence-corrected chi connectivity index (χ3v) is 4.78. The first kappa shape index (κ1) is 23.9. The van der Waals surface area contributed by atoms with Crippen LogP contribution in [0.5, 0.6) is 0 Å². The maximum absolute atomic E-state index is 12.6. The number of carbonyl (C=O) groups is 3. The first-order valence-corrected chi connectivity index (χ1v) is 10.5. The van der Waals surface area contributed by atoms with E-state index in [-0.39, 0.29) is 12.8 Å². The highest BCUT2D eigenvalue weighted by Gasteiger charge is 2.27. The lowest BCUT2D eigenvalue weighted by Crippen LogP contribution is -2.55. The lowest BCUT2D eigenvalue weighted by molar-refractivity contribution is -0.142. The number of hydrogen-bond acceptors (Lipinski definition) is 7. The van der Waals surface area contributed by atoms with Gasteiger partial charge in [0.1, 0.15) is 12.1 Å². The number of aliphatic carboxylic acids is 1. The zero-order valence-electron chi connectivity index (χ0n) is 16.0. The van der Waals surface area contributed by atoms with Gasteiger partial charge < -0.3 is 32.2 Å². The van der Waals surface area contributed by atoms with Crippen LogP contribution in [0.2, 0.25) is 0 Å². The Balaban J connectivity index is 2.68. The van der Waals surface area contributed by atoms with Crippen LogP contribution in [0.15, 0.2) is 12.5 Å². The predicted molar refractivity (Wildman–Crippen MR) is 108 cm³/mol. The largest absolute Gasteiger partial charge is 0.480 e. The van der Waals surface area contributed by atoms with Crippen LogP contribution in [0.3, 0.4) is 0 Å². The second kappa shape index (κ2) is 13.1. The Bertz CT molecular complexity index is 613. The Morgan fingerprint density at radius 3 is 2.50 bits per heavy atom. The molecule has 0 radical (unpaired) electrons. The predicted octanol–water partition coefficient (Wildman–Crippen LogP) is -0.784. The van der Waals surface area contributed by atoms with Crippen LogP contribution in [-0.4, -0.2) is 69.5 Å². The molecule has 3 unspecified atom stereocenters. The van der Waals surface area contributed by atoms with Crippen LogP contribution in [0.1, 0.15) is 31.4 Å². The monoisotopic (exact) mass is 414 g/mol. The Labute approximate surface area is 168 Å². The smallest absolute Gasteiger partial charge is 0.326 e. The first-order valence-electron chi connectivity index (χ1n) is 9.14. The number of rotatable bonds is 14. The molecule has 11 heteroatoms. The van der Waals surface area contributed by atoms with Gasteiger partial charge in [-0.2, -0.15) is 11.8 Å². The molecule has 0 bridgehead atoms. The number of carboxylic acids is 1. The fourth-order valence-electron chi connectivity index (χ4n) is 2.53. The number of aromatic amines is 1. The molecule has 3 atom stereocenters. The Morgan fingerprint density at radius 1 is 1.21 bits per heavy atom. The van der Waals surface area contributed by atoms with Crippen molar-refractivity contribution in [3.05, 3.63) is 18.2 Å². The third kappa shape index (κ3) is 8.72. The summed E-state index contributed by atoms with van der Waals surface area (Å²) < 4.78 is 0. The molecule has 0 aliphatic heterocycles. The van der Waals surface area contributed by atoms with Crippen LogP contribution >= 0.6 is 11.8 Å². The summed E-state index contributed by atoms with van der Waals surface area (Å²) in [6, 6.07) is -2.74. The first-order chi connectivity index (χ1) is 13.4. The van der Waals surface area contributed by atoms with Crippen LogP contribution in [0.4, 0.5) is 0 Å². The quantitative estimate of drug-likeness (QED) is 0.215. The molecule has 0 aliphatic rings. The number of H-pyrrole nitrogens is 1. The van der Waals surface area contributed by atoms with Gasteiger partial charge in [-0.05, 0) is 44.2 Å². The lowest BCUT2D eigenvalue weighted by Gasteiger charge is -2.22. The molecule has 1 rings (SSSR count). The van der Waals surface area contributed by atoms with Gasteiger partial charge in [-0.3, -0.25) is 9.59 Å². The van der Waals surface area contributed by atoms with E-state index in [0.29, 0.717) is 37.3 Å². The highest BCUT2D eigenvalue weighted by atomic mass is 32.2. The van der Waals surface area contributed by atoms with E-state index in [1.54, 1.807) is 6.20 Å². The molecule has 0 saturated heterocycles. The normalized spacial score (nSPS) is 14.1. The van der Waals surface area contributed by atoms with Crippen molar-refractivity contribution < 1.29 is 19.5 Å². The number of aromatic nitrogens is 2. The van der Waals surface area contributed by atoms with E-state index in [4.69, 9.17) is 11.5 Å². The molecule has 1 aromatic heterocycles. The number of nitrogens with one attached hydrogen (secondary N) is 3.